The van der Waals surface area contributed by atoms with Crippen LogP contribution in [0.4, 0.5) is 0 Å². The van der Waals surface area contributed by atoms with Gasteiger partial charge in [-0.3, -0.25) is 9.59 Å². The van der Waals surface area contributed by atoms with Gasteiger partial charge in [-0.05, 0) is 6.92 Å². The Morgan fingerprint density at radius 2 is 2.15 bits per heavy atom. The van der Waals surface area contributed by atoms with E-state index in [0.29, 0.717) is 0 Å². The molecule has 0 aromatic carbocycles. The summed E-state index contributed by atoms with van der Waals surface area (Å²) in [4.78, 5) is 21.2. The molecule has 0 aromatic rings. The number of ketones is 1. The number of carbonyl (C=O) groups excluding carboxylic acids is 2. The summed E-state index contributed by atoms with van der Waals surface area (Å²) in [5.41, 5.74) is 4.95. The van der Waals surface area contributed by atoms with E-state index in [0.717, 1.165) is 6.21 Å². The lowest BCUT2D eigenvalue weighted by atomic mass is 10.1. The van der Waals surface area contributed by atoms with Gasteiger partial charge in [0.05, 0.1) is 19.1 Å². The minimum Gasteiger partial charge on any atom is -0.372 e. The third kappa shape index (κ3) is 7.14. The van der Waals surface area contributed by atoms with Crippen LogP contribution in [-0.2, 0) is 14.3 Å². The van der Waals surface area contributed by atoms with Gasteiger partial charge >= 0.3 is 0 Å². The first-order chi connectivity index (χ1) is 6.06. The number of rotatable bonds is 7. The number of nitrogens with one attached hydrogen (secondary N) is 1. The third-order valence-electron chi connectivity index (χ3n) is 1.36. The summed E-state index contributed by atoms with van der Waals surface area (Å²) in [5, 5.41) is 6.71. The molecule has 0 radical (unpaired) electrons. The van der Waals surface area contributed by atoms with Crippen molar-refractivity contribution in [3.8, 4) is 0 Å². The van der Waals surface area contributed by atoms with Gasteiger partial charge in [-0.1, -0.05) is 0 Å². The maximum absolute atomic E-state index is 10.7. The second-order valence-corrected chi connectivity index (χ2v) is 2.74. The van der Waals surface area contributed by atoms with Crippen molar-refractivity contribution >= 4 is 17.9 Å². The largest absolute Gasteiger partial charge is 0.372 e. The van der Waals surface area contributed by atoms with Crippen LogP contribution >= 0.6 is 0 Å². The van der Waals surface area contributed by atoms with Gasteiger partial charge in [0.15, 0.2) is 0 Å². The topological polar surface area (TPSA) is 93.2 Å². The fourth-order valence-corrected chi connectivity index (χ4v) is 0.919. The molecular weight excluding hydrogens is 172 g/mol. The van der Waals surface area contributed by atoms with Crippen LogP contribution in [-0.4, -0.2) is 30.6 Å². The molecule has 0 aliphatic heterocycles. The van der Waals surface area contributed by atoms with Gasteiger partial charge in [-0.25, -0.2) is 0 Å². The number of nitrogens with two attached hydrogens (primary N) is 1. The maximum Gasteiger partial charge on any atom is 0.220 e. The Hall–Kier alpha value is -1.23. The Bertz CT molecular complexity index is 188. The molecule has 0 unspecified atom stereocenters. The molecule has 0 saturated heterocycles. The zero-order valence-electron chi connectivity index (χ0n) is 7.58. The molecule has 0 heterocycles. The van der Waals surface area contributed by atoms with Crippen molar-refractivity contribution in [2.24, 2.45) is 5.73 Å². The predicted octanol–water partition coefficient (Wildman–Crippen LogP) is -0.124. The molecule has 0 rings (SSSR count). The van der Waals surface area contributed by atoms with Crippen molar-refractivity contribution in [1.29, 1.82) is 5.41 Å². The standard InChI is InChI=1S/C8H14N2O3/c1-6(11)4-7(5-8(10)12)13-3-2-9/h2,7,9H,3-5H2,1H3,(H2,10,12)/t7-/m1/s1. The molecule has 0 saturated carbocycles. The summed E-state index contributed by atoms with van der Waals surface area (Å²) in [5.74, 6) is -0.563. The van der Waals surface area contributed by atoms with Gasteiger partial charge in [-0.2, -0.15) is 0 Å². The van der Waals surface area contributed by atoms with Gasteiger partial charge < -0.3 is 15.9 Å². The molecule has 1 atom stereocenters. The van der Waals surface area contributed by atoms with E-state index in [1.807, 2.05) is 0 Å². The van der Waals surface area contributed by atoms with Crippen molar-refractivity contribution in [2.75, 3.05) is 6.61 Å². The minimum atomic E-state index is -0.503. The van der Waals surface area contributed by atoms with Crippen LogP contribution in [0.5, 0.6) is 0 Å². The number of Topliss-reactive ketones (excluding diaryl/α,β-unsaturated/α-hetero) is 1. The normalized spacial score (nSPS) is 12.1. The molecule has 1 amide bonds. The third-order valence-corrected chi connectivity index (χ3v) is 1.36. The number of ether oxygens (including phenoxy) is 1. The molecule has 0 aromatic heterocycles. The Morgan fingerprint density at radius 1 is 1.54 bits per heavy atom. The van der Waals surface area contributed by atoms with Crippen LogP contribution < -0.4 is 5.73 Å². The van der Waals surface area contributed by atoms with E-state index in [1.54, 1.807) is 0 Å². The summed E-state index contributed by atoms with van der Waals surface area (Å²) in [6, 6.07) is 0. The molecule has 0 bridgehead atoms. The van der Waals surface area contributed by atoms with Crippen LogP contribution in [0, 0.1) is 5.41 Å². The molecule has 0 spiro atoms. The van der Waals surface area contributed by atoms with E-state index in [-0.39, 0.29) is 25.2 Å². The lowest BCUT2D eigenvalue weighted by Crippen LogP contribution is -2.25. The molecule has 74 valence electrons. The van der Waals surface area contributed by atoms with Crippen LogP contribution in [0.15, 0.2) is 0 Å². The Balaban J connectivity index is 3.93. The summed E-state index contributed by atoms with van der Waals surface area (Å²) >= 11 is 0. The molecule has 0 fully saturated rings. The van der Waals surface area contributed by atoms with E-state index in [2.05, 4.69) is 0 Å². The first kappa shape index (κ1) is 11.8. The van der Waals surface area contributed by atoms with Gasteiger partial charge in [0.25, 0.3) is 0 Å². The lowest BCUT2D eigenvalue weighted by Gasteiger charge is -2.12. The van der Waals surface area contributed by atoms with Crippen molar-refractivity contribution in [1.82, 2.24) is 0 Å². The number of carbonyl (C=O) groups is 2. The van der Waals surface area contributed by atoms with Crippen LogP contribution in [0.2, 0.25) is 0 Å². The highest BCUT2D eigenvalue weighted by Crippen LogP contribution is 2.03. The first-order valence-electron chi connectivity index (χ1n) is 3.94. The molecule has 0 aliphatic rings. The molecule has 0 aliphatic carbocycles. The summed E-state index contributed by atoms with van der Waals surface area (Å²) in [7, 11) is 0. The monoisotopic (exact) mass is 186 g/mol. The average molecular weight is 186 g/mol. The van der Waals surface area contributed by atoms with Crippen molar-refractivity contribution in [2.45, 2.75) is 25.9 Å². The molecule has 5 heteroatoms. The van der Waals surface area contributed by atoms with E-state index in [4.69, 9.17) is 15.9 Å². The van der Waals surface area contributed by atoms with Crippen LogP contribution in [0.25, 0.3) is 0 Å². The van der Waals surface area contributed by atoms with Crippen LogP contribution in [0.1, 0.15) is 19.8 Å². The first-order valence-corrected chi connectivity index (χ1v) is 3.94. The Kier molecular flexibility index (Phi) is 5.71. The fourth-order valence-electron chi connectivity index (χ4n) is 0.919. The van der Waals surface area contributed by atoms with Gasteiger partial charge in [0.1, 0.15) is 5.78 Å². The number of amides is 1. The second-order valence-electron chi connectivity index (χ2n) is 2.74. The summed E-state index contributed by atoms with van der Waals surface area (Å²) in [6.45, 7) is 1.52. The van der Waals surface area contributed by atoms with Crippen molar-refractivity contribution < 1.29 is 14.3 Å². The zero-order valence-corrected chi connectivity index (χ0v) is 7.58. The number of hydrogen-bond acceptors (Lipinski definition) is 4. The van der Waals surface area contributed by atoms with E-state index in [1.165, 1.54) is 6.92 Å². The molecule has 3 N–H and O–H groups in total. The van der Waals surface area contributed by atoms with Crippen molar-refractivity contribution in [3.63, 3.8) is 0 Å². The molecule has 13 heavy (non-hydrogen) atoms. The molecule has 5 nitrogen and oxygen atoms in total. The van der Waals surface area contributed by atoms with E-state index >= 15 is 0 Å². The minimum absolute atomic E-state index is 0.0212. The van der Waals surface area contributed by atoms with Gasteiger partial charge in [0, 0.05) is 12.6 Å². The quantitative estimate of drug-likeness (QED) is 0.542. The van der Waals surface area contributed by atoms with Gasteiger partial charge in [-0.15, -0.1) is 0 Å². The predicted molar refractivity (Wildman–Crippen MR) is 47.6 cm³/mol. The highest BCUT2D eigenvalue weighted by atomic mass is 16.5. The Morgan fingerprint density at radius 3 is 2.54 bits per heavy atom. The zero-order chi connectivity index (χ0) is 10.3. The smallest absolute Gasteiger partial charge is 0.220 e. The summed E-state index contributed by atoms with van der Waals surface area (Å²) in [6.07, 6.45) is 0.759. The molecular formula is C8H14N2O3. The lowest BCUT2D eigenvalue weighted by molar-refractivity contribution is -0.123. The Labute approximate surface area is 76.8 Å². The van der Waals surface area contributed by atoms with E-state index < -0.39 is 12.0 Å². The number of primary amides is 1. The fraction of sp³-hybridized carbons (Fsp3) is 0.625. The van der Waals surface area contributed by atoms with Gasteiger partial charge in [0.2, 0.25) is 5.91 Å². The number of hydrogen-bond donors (Lipinski definition) is 2. The second kappa shape index (κ2) is 6.30. The van der Waals surface area contributed by atoms with E-state index in [9.17, 15) is 9.59 Å². The average Bonchev–Trinajstić information content (AvgIpc) is 1.98. The SMILES string of the molecule is CC(=O)C[C@H](CC(N)=O)OCC=N. The summed E-state index contributed by atoms with van der Waals surface area (Å²) < 4.78 is 5.05. The highest BCUT2D eigenvalue weighted by molar-refractivity contribution is 5.78. The maximum atomic E-state index is 10.7. The van der Waals surface area contributed by atoms with Crippen molar-refractivity contribution in [3.05, 3.63) is 0 Å². The highest BCUT2D eigenvalue weighted by Gasteiger charge is 2.13. The van der Waals surface area contributed by atoms with Crippen LogP contribution in [0.3, 0.4) is 0 Å².